The molecule has 0 saturated carbocycles. The second-order valence-electron chi connectivity index (χ2n) is 8.85. The first-order valence-corrected chi connectivity index (χ1v) is 11.5. The summed E-state index contributed by atoms with van der Waals surface area (Å²) in [6, 6.07) is 20.7. The summed E-state index contributed by atoms with van der Waals surface area (Å²) in [4.78, 5) is 32.9. The Labute approximate surface area is 209 Å². The summed E-state index contributed by atoms with van der Waals surface area (Å²) >= 11 is 6.15. The predicted molar refractivity (Wildman–Crippen MR) is 140 cm³/mol. The topological polar surface area (TPSA) is 85.2 Å². The van der Waals surface area contributed by atoms with Crippen molar-refractivity contribution in [2.45, 2.75) is 12.5 Å². The fourth-order valence-corrected chi connectivity index (χ4v) is 4.33. The minimum absolute atomic E-state index is 0.112. The van der Waals surface area contributed by atoms with Crippen molar-refractivity contribution in [2.24, 2.45) is 4.99 Å². The number of rotatable bonds is 8. The van der Waals surface area contributed by atoms with Gasteiger partial charge in [-0.3, -0.25) is 14.6 Å². The third-order valence-corrected chi connectivity index (χ3v) is 6.02. The molecule has 180 valence electrons. The quantitative estimate of drug-likeness (QED) is 0.444. The van der Waals surface area contributed by atoms with E-state index in [1.165, 1.54) is 5.56 Å². The predicted octanol–water partition coefficient (Wildman–Crippen LogP) is 4.78. The zero-order valence-electron chi connectivity index (χ0n) is 19.8. The molecular formula is C27H27ClN4O3. The first-order chi connectivity index (χ1) is 16.7. The van der Waals surface area contributed by atoms with Crippen LogP contribution in [0.1, 0.15) is 22.6 Å². The van der Waals surface area contributed by atoms with E-state index in [0.29, 0.717) is 16.4 Å². The Hall–Kier alpha value is -3.68. The van der Waals surface area contributed by atoms with Gasteiger partial charge in [-0.25, -0.2) is 0 Å². The lowest BCUT2D eigenvalue weighted by Crippen LogP contribution is -2.25. The number of carboxylic acid groups (broad SMARTS) is 1. The third-order valence-electron chi connectivity index (χ3n) is 5.78. The van der Waals surface area contributed by atoms with Gasteiger partial charge in [0.05, 0.1) is 11.4 Å². The van der Waals surface area contributed by atoms with Crippen molar-refractivity contribution in [3.63, 3.8) is 0 Å². The molecule has 0 fully saturated rings. The van der Waals surface area contributed by atoms with Crippen LogP contribution in [0, 0.1) is 0 Å². The van der Waals surface area contributed by atoms with Crippen molar-refractivity contribution in [3.05, 3.63) is 88.4 Å². The number of nitrogens with one attached hydrogen (secondary N) is 1. The fourth-order valence-electron chi connectivity index (χ4n) is 4.16. The largest absolute Gasteiger partial charge is 0.480 e. The molecule has 0 bridgehead atoms. The molecule has 1 heterocycles. The van der Waals surface area contributed by atoms with Crippen molar-refractivity contribution in [1.29, 1.82) is 0 Å². The monoisotopic (exact) mass is 490 g/mol. The molecule has 4 rings (SSSR count). The van der Waals surface area contributed by atoms with Crippen molar-refractivity contribution in [2.75, 3.05) is 37.9 Å². The van der Waals surface area contributed by atoms with Crippen molar-refractivity contribution >= 4 is 46.3 Å². The molecule has 0 spiro atoms. The maximum atomic E-state index is 13.1. The Kier molecular flexibility index (Phi) is 7.19. The van der Waals surface area contributed by atoms with Gasteiger partial charge in [-0.05, 0) is 67.2 Å². The highest BCUT2D eigenvalue weighted by Gasteiger charge is 2.35. The highest BCUT2D eigenvalue weighted by atomic mass is 35.5. The van der Waals surface area contributed by atoms with E-state index in [9.17, 15) is 9.59 Å². The van der Waals surface area contributed by atoms with Crippen LogP contribution in [-0.4, -0.2) is 55.3 Å². The Morgan fingerprint density at radius 3 is 2.34 bits per heavy atom. The van der Waals surface area contributed by atoms with Crippen LogP contribution in [-0.2, 0) is 16.1 Å². The van der Waals surface area contributed by atoms with Gasteiger partial charge in [0, 0.05) is 30.0 Å². The first-order valence-electron chi connectivity index (χ1n) is 11.2. The maximum absolute atomic E-state index is 13.1. The van der Waals surface area contributed by atoms with Gasteiger partial charge in [0.25, 0.3) is 0 Å². The average molecular weight is 491 g/mol. The van der Waals surface area contributed by atoms with Gasteiger partial charge >= 0.3 is 5.97 Å². The van der Waals surface area contributed by atoms with Crippen molar-refractivity contribution < 1.29 is 14.7 Å². The standard InChI is InChI=1S/C27H27ClN4O3/c1-31(2)15-17-4-9-20(10-5-17)29-26(18-6-11-21(12-7-18)32(3)16-24(33)34)25-22-13-8-19(28)14-23(22)30-27(25)35/h4-14,25H,15-16H2,1-3H3,(H,30,35)(H,33,34). The minimum atomic E-state index is -0.908. The second kappa shape index (κ2) is 10.3. The number of carbonyl (C=O) groups is 2. The number of halogens is 1. The van der Waals surface area contributed by atoms with Crippen LogP contribution in [0.3, 0.4) is 0 Å². The van der Waals surface area contributed by atoms with E-state index in [2.05, 4.69) is 10.2 Å². The molecule has 1 aliphatic heterocycles. The molecule has 1 atom stereocenters. The number of hydrogen-bond donors (Lipinski definition) is 2. The molecule has 0 saturated heterocycles. The lowest BCUT2D eigenvalue weighted by molar-refractivity contribution is -0.135. The molecule has 1 unspecified atom stereocenters. The summed E-state index contributed by atoms with van der Waals surface area (Å²) in [5.74, 6) is -1.68. The number of benzene rings is 3. The Morgan fingerprint density at radius 2 is 1.71 bits per heavy atom. The fraction of sp³-hybridized carbons (Fsp3) is 0.222. The van der Waals surface area contributed by atoms with E-state index in [1.807, 2.05) is 68.7 Å². The van der Waals surface area contributed by atoms with Crippen LogP contribution in [0.5, 0.6) is 0 Å². The average Bonchev–Trinajstić information content (AvgIpc) is 3.12. The van der Waals surface area contributed by atoms with Crippen LogP contribution in [0.4, 0.5) is 17.1 Å². The molecule has 2 N–H and O–H groups in total. The Balaban J connectivity index is 1.75. The summed E-state index contributed by atoms with van der Waals surface area (Å²) in [7, 11) is 5.76. The number of aliphatic carboxylic acids is 1. The molecular weight excluding hydrogens is 464 g/mol. The second-order valence-corrected chi connectivity index (χ2v) is 9.29. The number of amides is 1. The Morgan fingerprint density at radius 1 is 1.03 bits per heavy atom. The number of fused-ring (bicyclic) bond motifs is 1. The number of carboxylic acids is 1. The first kappa shape index (κ1) is 24.4. The number of hydrogen-bond acceptors (Lipinski definition) is 5. The molecule has 8 heteroatoms. The summed E-state index contributed by atoms with van der Waals surface area (Å²) in [5.41, 5.74) is 5.54. The summed E-state index contributed by atoms with van der Waals surface area (Å²) in [5, 5.41) is 12.6. The van der Waals surface area contributed by atoms with Gasteiger partial charge in [-0.15, -0.1) is 0 Å². The lowest BCUT2D eigenvalue weighted by atomic mass is 9.90. The zero-order valence-corrected chi connectivity index (χ0v) is 20.6. The number of anilines is 2. The molecule has 0 radical (unpaired) electrons. The molecule has 35 heavy (non-hydrogen) atoms. The van der Waals surface area contributed by atoms with Crippen LogP contribution < -0.4 is 10.2 Å². The van der Waals surface area contributed by atoms with Crippen LogP contribution in [0.2, 0.25) is 5.02 Å². The number of aliphatic imine (C=N–C) groups is 1. The van der Waals surface area contributed by atoms with Crippen LogP contribution in [0.15, 0.2) is 71.7 Å². The van der Waals surface area contributed by atoms with Gasteiger partial charge in [-0.1, -0.05) is 41.9 Å². The molecule has 0 aliphatic carbocycles. The molecule has 0 aromatic heterocycles. The van der Waals surface area contributed by atoms with Gasteiger partial charge in [0.15, 0.2) is 0 Å². The normalized spacial score (nSPS) is 15.2. The summed E-state index contributed by atoms with van der Waals surface area (Å²) in [6.45, 7) is 0.708. The number of nitrogens with zero attached hydrogens (tertiary/aromatic N) is 3. The van der Waals surface area contributed by atoms with Gasteiger partial charge in [-0.2, -0.15) is 0 Å². The van der Waals surface area contributed by atoms with Gasteiger partial charge in [0.1, 0.15) is 12.5 Å². The van der Waals surface area contributed by atoms with Crippen molar-refractivity contribution in [1.82, 2.24) is 4.90 Å². The van der Waals surface area contributed by atoms with E-state index >= 15 is 0 Å². The van der Waals surface area contributed by atoms with E-state index < -0.39 is 11.9 Å². The van der Waals surface area contributed by atoms with E-state index in [4.69, 9.17) is 21.7 Å². The van der Waals surface area contributed by atoms with Crippen LogP contribution in [0.25, 0.3) is 0 Å². The molecule has 3 aromatic rings. The molecule has 1 amide bonds. The van der Waals surface area contributed by atoms with Crippen molar-refractivity contribution in [3.8, 4) is 0 Å². The number of carbonyl (C=O) groups excluding carboxylic acids is 1. The van der Waals surface area contributed by atoms with Crippen LogP contribution >= 0.6 is 11.6 Å². The highest BCUT2D eigenvalue weighted by molar-refractivity contribution is 6.31. The van der Waals surface area contributed by atoms with Gasteiger partial charge < -0.3 is 20.2 Å². The minimum Gasteiger partial charge on any atom is -0.480 e. The van der Waals surface area contributed by atoms with E-state index in [-0.39, 0.29) is 12.5 Å². The SMILES string of the molecule is CN(C)Cc1ccc(N=C(c2ccc(N(C)CC(=O)O)cc2)C2C(=O)Nc3cc(Cl)ccc32)cc1. The molecule has 1 aliphatic rings. The maximum Gasteiger partial charge on any atom is 0.323 e. The number of likely N-dealkylation sites (N-methyl/N-ethyl adjacent to an activating group) is 1. The third kappa shape index (κ3) is 5.70. The smallest absolute Gasteiger partial charge is 0.323 e. The summed E-state index contributed by atoms with van der Waals surface area (Å²) in [6.07, 6.45) is 0. The highest BCUT2D eigenvalue weighted by Crippen LogP contribution is 2.38. The molecule has 3 aromatic carbocycles. The lowest BCUT2D eigenvalue weighted by Gasteiger charge is -2.18. The summed E-state index contributed by atoms with van der Waals surface area (Å²) < 4.78 is 0. The molecule has 7 nitrogen and oxygen atoms in total. The zero-order chi connectivity index (χ0) is 25.1. The Bertz CT molecular complexity index is 1270. The van der Waals surface area contributed by atoms with Gasteiger partial charge in [0.2, 0.25) is 5.91 Å². The van der Waals surface area contributed by atoms with E-state index in [0.717, 1.165) is 29.0 Å². The van der Waals surface area contributed by atoms with E-state index in [1.54, 1.807) is 24.1 Å².